The molecule has 0 aromatic heterocycles. The van der Waals surface area contributed by atoms with Crippen LogP contribution in [0.5, 0.6) is 0 Å². The Hall–Kier alpha value is -0.560. The van der Waals surface area contributed by atoms with E-state index in [2.05, 4.69) is 18.2 Å². The number of nitrogens with one attached hydrogen (secondary N) is 1. The van der Waals surface area contributed by atoms with Gasteiger partial charge in [-0.05, 0) is 13.3 Å². The molecule has 0 radical (unpaired) electrons. The number of rotatable bonds is 7. The molecule has 3 heteroatoms. The molecule has 0 saturated carbocycles. The van der Waals surface area contributed by atoms with Crippen molar-refractivity contribution >= 4 is 0 Å². The second-order valence-electron chi connectivity index (χ2n) is 3.31. The molecular formula is C11H21NO2. The predicted octanol–water partition coefficient (Wildman–Crippen LogP) is 1.39. The lowest BCUT2D eigenvalue weighted by Crippen LogP contribution is -2.44. The fraction of sp³-hybridized carbons (Fsp3) is 0.818. The number of hydrogen-bond donors (Lipinski definition) is 1. The summed E-state index contributed by atoms with van der Waals surface area (Å²) >= 11 is 0. The van der Waals surface area contributed by atoms with Crippen LogP contribution in [-0.4, -0.2) is 32.6 Å². The topological polar surface area (TPSA) is 30.5 Å². The smallest absolute Gasteiger partial charge is 0.171 e. The van der Waals surface area contributed by atoms with Gasteiger partial charge in [0.05, 0.1) is 6.04 Å². The molecular weight excluding hydrogens is 178 g/mol. The van der Waals surface area contributed by atoms with Crippen molar-refractivity contribution in [2.45, 2.75) is 45.1 Å². The van der Waals surface area contributed by atoms with E-state index in [1.54, 1.807) is 14.2 Å². The zero-order valence-electron chi connectivity index (χ0n) is 9.54. The Labute approximate surface area is 87.2 Å². The predicted molar refractivity (Wildman–Crippen MR) is 57.9 cm³/mol. The Kier molecular flexibility index (Phi) is 7.50. The minimum Gasteiger partial charge on any atom is -0.354 e. The molecule has 0 bridgehead atoms. The molecule has 82 valence electrons. The van der Waals surface area contributed by atoms with E-state index >= 15 is 0 Å². The Morgan fingerprint density at radius 1 is 1.36 bits per heavy atom. The normalized spacial score (nSPS) is 15.1. The van der Waals surface area contributed by atoms with Crippen LogP contribution >= 0.6 is 0 Å². The summed E-state index contributed by atoms with van der Waals surface area (Å²) in [5.74, 6) is 2.65. The van der Waals surface area contributed by atoms with Gasteiger partial charge in [0, 0.05) is 26.7 Å². The average molecular weight is 199 g/mol. The fourth-order valence-electron chi connectivity index (χ4n) is 1.42. The van der Waals surface area contributed by atoms with Gasteiger partial charge in [-0.15, -0.1) is 12.3 Å². The number of ether oxygens (including phenoxy) is 2. The average Bonchev–Trinajstić information content (AvgIpc) is 2.19. The van der Waals surface area contributed by atoms with Crippen LogP contribution in [0.4, 0.5) is 0 Å². The Morgan fingerprint density at radius 2 is 1.93 bits per heavy atom. The van der Waals surface area contributed by atoms with Crippen LogP contribution < -0.4 is 5.32 Å². The van der Waals surface area contributed by atoms with Gasteiger partial charge in [0.2, 0.25) is 0 Å². The summed E-state index contributed by atoms with van der Waals surface area (Å²) in [7, 11) is 3.27. The van der Waals surface area contributed by atoms with E-state index in [0.717, 1.165) is 12.8 Å². The number of methoxy groups -OCH3 is 2. The summed E-state index contributed by atoms with van der Waals surface area (Å²) in [6, 6.07) is 0.478. The monoisotopic (exact) mass is 199 g/mol. The third-order valence-electron chi connectivity index (χ3n) is 2.23. The van der Waals surface area contributed by atoms with Crippen LogP contribution in [-0.2, 0) is 9.47 Å². The van der Waals surface area contributed by atoms with Gasteiger partial charge in [0.25, 0.3) is 0 Å². The summed E-state index contributed by atoms with van der Waals surface area (Å²) in [5.41, 5.74) is 0. The van der Waals surface area contributed by atoms with Crippen molar-refractivity contribution < 1.29 is 9.47 Å². The summed E-state index contributed by atoms with van der Waals surface area (Å²) in [6.45, 7) is 4.13. The van der Waals surface area contributed by atoms with Crippen molar-refractivity contribution in [1.82, 2.24) is 5.32 Å². The fourth-order valence-corrected chi connectivity index (χ4v) is 1.42. The molecule has 0 aromatic carbocycles. The molecule has 0 aliphatic rings. The number of hydrogen-bond acceptors (Lipinski definition) is 3. The van der Waals surface area contributed by atoms with Crippen LogP contribution in [0.15, 0.2) is 0 Å². The molecule has 14 heavy (non-hydrogen) atoms. The van der Waals surface area contributed by atoms with Gasteiger partial charge >= 0.3 is 0 Å². The highest BCUT2D eigenvalue weighted by atomic mass is 16.7. The Bertz CT molecular complexity index is 173. The molecule has 0 aromatic rings. The van der Waals surface area contributed by atoms with Gasteiger partial charge in [0.15, 0.2) is 6.29 Å². The summed E-state index contributed by atoms with van der Waals surface area (Å²) in [4.78, 5) is 0. The van der Waals surface area contributed by atoms with E-state index in [0.29, 0.717) is 6.04 Å². The molecule has 2 unspecified atom stereocenters. The van der Waals surface area contributed by atoms with Crippen LogP contribution in [0.3, 0.4) is 0 Å². The second-order valence-corrected chi connectivity index (χ2v) is 3.31. The number of terminal acetylenes is 1. The van der Waals surface area contributed by atoms with Crippen molar-refractivity contribution in [3.63, 3.8) is 0 Å². The Balaban J connectivity index is 4.00. The first-order valence-electron chi connectivity index (χ1n) is 4.94. The van der Waals surface area contributed by atoms with Gasteiger partial charge < -0.3 is 14.8 Å². The minimum atomic E-state index is -0.221. The van der Waals surface area contributed by atoms with E-state index in [4.69, 9.17) is 15.9 Å². The maximum Gasteiger partial charge on any atom is 0.171 e. The molecule has 0 aliphatic carbocycles. The Morgan fingerprint density at radius 3 is 2.29 bits per heavy atom. The lowest BCUT2D eigenvalue weighted by Gasteiger charge is -2.26. The van der Waals surface area contributed by atoms with E-state index in [1.165, 1.54) is 0 Å². The third kappa shape index (κ3) is 4.61. The summed E-state index contributed by atoms with van der Waals surface area (Å²) in [5, 5.41) is 3.38. The largest absolute Gasteiger partial charge is 0.354 e. The van der Waals surface area contributed by atoms with Gasteiger partial charge in [0.1, 0.15) is 0 Å². The van der Waals surface area contributed by atoms with Gasteiger partial charge in [-0.1, -0.05) is 6.92 Å². The summed E-state index contributed by atoms with van der Waals surface area (Å²) in [6.07, 6.45) is 6.79. The lowest BCUT2D eigenvalue weighted by atomic mass is 10.1. The van der Waals surface area contributed by atoms with E-state index in [9.17, 15) is 0 Å². The minimum absolute atomic E-state index is 0.142. The molecule has 0 rings (SSSR count). The van der Waals surface area contributed by atoms with Crippen molar-refractivity contribution in [2.24, 2.45) is 0 Å². The molecule has 1 N–H and O–H groups in total. The van der Waals surface area contributed by atoms with Crippen LogP contribution in [0.25, 0.3) is 0 Å². The van der Waals surface area contributed by atoms with E-state index in [1.807, 2.05) is 6.92 Å². The van der Waals surface area contributed by atoms with Gasteiger partial charge in [-0.25, -0.2) is 0 Å². The zero-order chi connectivity index (χ0) is 11.0. The van der Waals surface area contributed by atoms with Crippen LogP contribution in [0.2, 0.25) is 0 Å². The van der Waals surface area contributed by atoms with Crippen molar-refractivity contribution in [1.29, 1.82) is 0 Å². The van der Waals surface area contributed by atoms with Crippen molar-refractivity contribution in [2.75, 3.05) is 14.2 Å². The highest BCUT2D eigenvalue weighted by Gasteiger charge is 2.18. The maximum absolute atomic E-state index is 5.27. The third-order valence-corrected chi connectivity index (χ3v) is 2.23. The quantitative estimate of drug-likeness (QED) is 0.496. The van der Waals surface area contributed by atoms with E-state index < -0.39 is 0 Å². The highest BCUT2D eigenvalue weighted by Crippen LogP contribution is 2.03. The van der Waals surface area contributed by atoms with Crippen molar-refractivity contribution in [3.05, 3.63) is 0 Å². The lowest BCUT2D eigenvalue weighted by molar-refractivity contribution is -0.120. The molecule has 0 fully saturated rings. The molecule has 0 amide bonds. The van der Waals surface area contributed by atoms with Crippen molar-refractivity contribution in [3.8, 4) is 12.3 Å². The summed E-state index contributed by atoms with van der Waals surface area (Å²) < 4.78 is 10.3. The molecule has 0 saturated heterocycles. The first kappa shape index (κ1) is 13.4. The molecule has 3 nitrogen and oxygen atoms in total. The first-order chi connectivity index (χ1) is 6.69. The molecule has 0 spiro atoms. The maximum atomic E-state index is 5.27. The molecule has 0 heterocycles. The zero-order valence-corrected chi connectivity index (χ0v) is 9.54. The highest BCUT2D eigenvalue weighted by molar-refractivity contribution is 4.90. The van der Waals surface area contributed by atoms with Crippen LogP contribution in [0.1, 0.15) is 26.7 Å². The van der Waals surface area contributed by atoms with Crippen LogP contribution in [0, 0.1) is 12.3 Å². The molecule has 0 aliphatic heterocycles. The molecule has 2 atom stereocenters. The van der Waals surface area contributed by atoms with Gasteiger partial charge in [-0.3, -0.25) is 0 Å². The SMILES string of the molecule is C#CCC(CC)NC(C)C(OC)OC. The van der Waals surface area contributed by atoms with Gasteiger partial charge in [-0.2, -0.15) is 0 Å². The van der Waals surface area contributed by atoms with E-state index in [-0.39, 0.29) is 12.3 Å². The second kappa shape index (κ2) is 7.81. The first-order valence-corrected chi connectivity index (χ1v) is 4.94. The standard InChI is InChI=1S/C11H21NO2/c1-6-8-10(7-2)12-9(3)11(13-4)14-5/h1,9-12H,7-8H2,2-5H3.